The number of anilines is 1. The summed E-state index contributed by atoms with van der Waals surface area (Å²) in [4.78, 5) is 12.5. The van der Waals surface area contributed by atoms with Crippen LogP contribution >= 0.6 is 0 Å². The van der Waals surface area contributed by atoms with Gasteiger partial charge in [0.1, 0.15) is 6.17 Å². The number of nitriles is 1. The molecule has 1 aromatic carbocycles. The Hall–Kier alpha value is -2.31. The first-order chi connectivity index (χ1) is 13.4. The number of nitrogens with zero attached hydrogens (tertiary/aromatic N) is 2. The number of hydrogen-bond donors (Lipinski definition) is 3. The molecule has 1 aliphatic carbocycles. The van der Waals surface area contributed by atoms with Crippen LogP contribution in [0, 0.1) is 23.2 Å². The predicted molar refractivity (Wildman–Crippen MR) is 95.5 cm³/mol. The Balaban J connectivity index is 1.54. The molecule has 0 bridgehead atoms. The molecule has 1 aromatic rings. The summed E-state index contributed by atoms with van der Waals surface area (Å²) in [5, 5.41) is 17.3. The van der Waals surface area contributed by atoms with Gasteiger partial charge in [0, 0.05) is 24.3 Å². The third-order valence-electron chi connectivity index (χ3n) is 5.82. The van der Waals surface area contributed by atoms with Crippen molar-refractivity contribution in [3.63, 3.8) is 0 Å². The first kappa shape index (κ1) is 19.0. The number of rotatable bonds is 5. The lowest BCUT2D eigenvalue weighted by molar-refractivity contribution is -0.137. The van der Waals surface area contributed by atoms with Gasteiger partial charge < -0.3 is 10.6 Å². The third-order valence-corrected chi connectivity index (χ3v) is 5.82. The molecule has 3 N–H and O–H groups in total. The average Bonchev–Trinajstić information content (AvgIpc) is 3.42. The van der Waals surface area contributed by atoms with Crippen LogP contribution in [0.4, 0.5) is 18.9 Å². The van der Waals surface area contributed by atoms with Crippen molar-refractivity contribution in [3.05, 3.63) is 29.8 Å². The van der Waals surface area contributed by atoms with Crippen molar-refractivity contribution in [2.45, 2.75) is 50.1 Å². The van der Waals surface area contributed by atoms with Crippen LogP contribution in [0.15, 0.2) is 24.3 Å². The maximum Gasteiger partial charge on any atom is 0.416 e. The van der Waals surface area contributed by atoms with Crippen LogP contribution in [0.25, 0.3) is 0 Å². The highest BCUT2D eigenvalue weighted by Gasteiger charge is 2.51. The number of hydrazine groups is 1. The van der Waals surface area contributed by atoms with Crippen molar-refractivity contribution in [2.24, 2.45) is 11.8 Å². The van der Waals surface area contributed by atoms with Crippen LogP contribution in [0.2, 0.25) is 0 Å². The van der Waals surface area contributed by atoms with E-state index in [9.17, 15) is 23.2 Å². The van der Waals surface area contributed by atoms with E-state index < -0.39 is 17.9 Å². The molecule has 4 atom stereocenters. The zero-order valence-electron chi connectivity index (χ0n) is 15.2. The van der Waals surface area contributed by atoms with Crippen LogP contribution in [-0.2, 0) is 11.0 Å². The molecule has 28 heavy (non-hydrogen) atoms. The topological polar surface area (TPSA) is 80.2 Å². The molecule has 1 amide bonds. The highest BCUT2D eigenvalue weighted by Crippen LogP contribution is 2.41. The number of piperidine rings is 1. The Morgan fingerprint density at radius 3 is 2.57 bits per heavy atom. The number of fused-ring (bicyclic) bond motifs is 1. The summed E-state index contributed by atoms with van der Waals surface area (Å²) in [5.74, 6) is -0.0132. The van der Waals surface area contributed by atoms with Crippen LogP contribution in [0.1, 0.15) is 31.2 Å². The second kappa shape index (κ2) is 7.26. The molecule has 3 aliphatic rings. The van der Waals surface area contributed by atoms with E-state index in [0.29, 0.717) is 24.6 Å². The molecule has 0 spiro atoms. The van der Waals surface area contributed by atoms with Gasteiger partial charge in [0.15, 0.2) is 0 Å². The fourth-order valence-corrected chi connectivity index (χ4v) is 4.30. The molecule has 3 fully saturated rings. The first-order valence-electron chi connectivity index (χ1n) is 9.51. The smallest absolute Gasteiger partial charge is 0.368 e. The van der Waals surface area contributed by atoms with E-state index in [1.54, 1.807) is 0 Å². The molecule has 2 aliphatic heterocycles. The van der Waals surface area contributed by atoms with Gasteiger partial charge in [-0.2, -0.15) is 18.4 Å². The fraction of sp³-hybridized carbons (Fsp3) is 0.579. The van der Waals surface area contributed by atoms with Crippen molar-refractivity contribution in [2.75, 3.05) is 11.9 Å². The summed E-state index contributed by atoms with van der Waals surface area (Å²) >= 11 is 0. The fourth-order valence-electron chi connectivity index (χ4n) is 4.30. The van der Waals surface area contributed by atoms with Crippen molar-refractivity contribution >= 4 is 11.6 Å². The Morgan fingerprint density at radius 1 is 1.25 bits per heavy atom. The number of carbonyl (C=O) groups excluding carboxylic acids is 1. The van der Waals surface area contributed by atoms with Gasteiger partial charge in [-0.05, 0) is 49.4 Å². The molecule has 3 unspecified atom stereocenters. The zero-order chi connectivity index (χ0) is 19.9. The Bertz CT molecular complexity index is 771. The lowest BCUT2D eigenvalue weighted by Gasteiger charge is -2.34. The molecule has 1 saturated carbocycles. The number of alkyl halides is 3. The molecule has 2 saturated heterocycles. The standard InChI is InChI=1S/C19H22F3N5O/c20-19(21,22)12-3-5-13(6-4-12)25-17-16-15(8-10-24-18(16)28)27(26-17)14(7-9-23)11-1-2-11/h3-6,11,14-17,25-26H,1-2,7-8,10H2,(H,24,28)/t14-,15?,16?,17?/m0/s1. The SMILES string of the molecule is N#CC[C@@H](C1CC1)N1NC(Nc2ccc(C(F)(F)F)cc2)C2C(=O)NCCC21. The minimum absolute atomic E-state index is 0.0420. The monoisotopic (exact) mass is 393 g/mol. The zero-order valence-corrected chi connectivity index (χ0v) is 15.2. The van der Waals surface area contributed by atoms with Gasteiger partial charge in [0.25, 0.3) is 0 Å². The van der Waals surface area contributed by atoms with E-state index in [1.165, 1.54) is 12.1 Å². The second-order valence-corrected chi connectivity index (χ2v) is 7.67. The van der Waals surface area contributed by atoms with Crippen molar-refractivity contribution < 1.29 is 18.0 Å². The number of halogens is 3. The van der Waals surface area contributed by atoms with Gasteiger partial charge in [-0.15, -0.1) is 0 Å². The molecule has 4 rings (SSSR count). The van der Waals surface area contributed by atoms with Gasteiger partial charge in [0.05, 0.1) is 24.0 Å². The van der Waals surface area contributed by atoms with E-state index in [4.69, 9.17) is 0 Å². The minimum Gasteiger partial charge on any atom is -0.368 e. The van der Waals surface area contributed by atoms with Crippen molar-refractivity contribution in [1.82, 2.24) is 15.8 Å². The highest BCUT2D eigenvalue weighted by atomic mass is 19.4. The van der Waals surface area contributed by atoms with Gasteiger partial charge in [-0.25, -0.2) is 10.4 Å². The summed E-state index contributed by atoms with van der Waals surface area (Å²) in [6.45, 7) is 0.578. The maximum absolute atomic E-state index is 12.8. The summed E-state index contributed by atoms with van der Waals surface area (Å²) in [6.07, 6.45) is -1.53. The molecule has 0 aromatic heterocycles. The molecule has 6 nitrogen and oxygen atoms in total. The van der Waals surface area contributed by atoms with Gasteiger partial charge >= 0.3 is 6.18 Å². The molecule has 9 heteroatoms. The van der Waals surface area contributed by atoms with E-state index in [0.717, 1.165) is 31.4 Å². The van der Waals surface area contributed by atoms with Gasteiger partial charge in [0.2, 0.25) is 5.91 Å². The maximum atomic E-state index is 12.8. The number of benzene rings is 1. The highest BCUT2D eigenvalue weighted by molar-refractivity contribution is 5.82. The Morgan fingerprint density at radius 2 is 1.96 bits per heavy atom. The summed E-state index contributed by atoms with van der Waals surface area (Å²) in [5.41, 5.74) is 3.15. The van der Waals surface area contributed by atoms with Gasteiger partial charge in [-0.1, -0.05) is 0 Å². The van der Waals surface area contributed by atoms with E-state index in [-0.39, 0.29) is 23.9 Å². The van der Waals surface area contributed by atoms with Gasteiger partial charge in [-0.3, -0.25) is 4.79 Å². The van der Waals surface area contributed by atoms with E-state index in [2.05, 4.69) is 27.1 Å². The lowest BCUT2D eigenvalue weighted by atomic mass is 9.90. The second-order valence-electron chi connectivity index (χ2n) is 7.67. The van der Waals surface area contributed by atoms with Crippen LogP contribution in [-0.4, -0.2) is 35.7 Å². The Labute approximate surface area is 161 Å². The molecular formula is C19H22F3N5O. The van der Waals surface area contributed by atoms with Crippen LogP contribution < -0.4 is 16.1 Å². The molecule has 2 heterocycles. The molecular weight excluding hydrogens is 371 g/mol. The summed E-state index contributed by atoms with van der Waals surface area (Å²) < 4.78 is 38.3. The number of carbonyl (C=O) groups is 1. The van der Waals surface area contributed by atoms with Crippen LogP contribution in [0.5, 0.6) is 0 Å². The van der Waals surface area contributed by atoms with E-state index in [1.807, 2.05) is 0 Å². The number of hydrogen-bond acceptors (Lipinski definition) is 5. The lowest BCUT2D eigenvalue weighted by Crippen LogP contribution is -2.52. The molecule has 150 valence electrons. The van der Waals surface area contributed by atoms with Crippen molar-refractivity contribution in [3.8, 4) is 6.07 Å². The largest absolute Gasteiger partial charge is 0.416 e. The van der Waals surface area contributed by atoms with Crippen molar-refractivity contribution in [1.29, 1.82) is 5.26 Å². The summed E-state index contributed by atoms with van der Waals surface area (Å²) in [7, 11) is 0. The van der Waals surface area contributed by atoms with E-state index >= 15 is 0 Å². The molecule has 0 radical (unpaired) electrons. The Kier molecular flexibility index (Phi) is 4.93. The minimum atomic E-state index is -4.38. The normalized spacial score (nSPS) is 28.9. The third kappa shape index (κ3) is 3.66. The summed E-state index contributed by atoms with van der Waals surface area (Å²) in [6, 6.07) is 7.04. The predicted octanol–water partition coefficient (Wildman–Crippen LogP) is 2.46. The quantitative estimate of drug-likeness (QED) is 0.716. The number of amides is 1. The number of nitrogens with one attached hydrogen (secondary N) is 3. The van der Waals surface area contributed by atoms with Crippen LogP contribution in [0.3, 0.4) is 0 Å². The first-order valence-corrected chi connectivity index (χ1v) is 9.51. The average molecular weight is 393 g/mol.